The van der Waals surface area contributed by atoms with Crippen molar-refractivity contribution < 1.29 is 0 Å². The average Bonchev–Trinajstić information content (AvgIpc) is 2.67. The number of aryl methyl sites for hydroxylation is 1. The molecule has 1 unspecified atom stereocenters. The second kappa shape index (κ2) is 5.48. The SMILES string of the molecule is Cc1nc(CC(N)c2cc(Br)ccc2Cl)cs1. The first kappa shape index (κ1) is 13.0. The number of aromatic nitrogens is 1. The van der Waals surface area contributed by atoms with E-state index in [0.717, 1.165) is 20.7 Å². The van der Waals surface area contributed by atoms with E-state index in [2.05, 4.69) is 20.9 Å². The van der Waals surface area contributed by atoms with Crippen LogP contribution in [0.4, 0.5) is 0 Å². The Hall–Kier alpha value is -0.420. The molecule has 2 nitrogen and oxygen atoms in total. The van der Waals surface area contributed by atoms with Gasteiger partial charge in [0.2, 0.25) is 0 Å². The van der Waals surface area contributed by atoms with Gasteiger partial charge in [-0.2, -0.15) is 0 Å². The lowest BCUT2D eigenvalue weighted by molar-refractivity contribution is 0.709. The van der Waals surface area contributed by atoms with Crippen molar-refractivity contribution in [1.29, 1.82) is 0 Å². The smallest absolute Gasteiger partial charge is 0.0897 e. The Morgan fingerprint density at radius 1 is 1.53 bits per heavy atom. The Morgan fingerprint density at radius 3 is 2.94 bits per heavy atom. The topological polar surface area (TPSA) is 38.9 Å². The quantitative estimate of drug-likeness (QED) is 0.919. The molecule has 2 N–H and O–H groups in total. The van der Waals surface area contributed by atoms with Crippen molar-refractivity contribution >= 4 is 38.9 Å². The third-order valence-electron chi connectivity index (χ3n) is 2.45. The largest absolute Gasteiger partial charge is 0.324 e. The van der Waals surface area contributed by atoms with Gasteiger partial charge in [-0.05, 0) is 30.7 Å². The van der Waals surface area contributed by atoms with E-state index < -0.39 is 0 Å². The molecule has 0 aliphatic carbocycles. The summed E-state index contributed by atoms with van der Waals surface area (Å²) in [5.74, 6) is 0. The Labute approximate surface area is 118 Å². The normalized spacial score (nSPS) is 12.7. The van der Waals surface area contributed by atoms with Gasteiger partial charge >= 0.3 is 0 Å². The monoisotopic (exact) mass is 330 g/mol. The molecule has 0 aliphatic heterocycles. The molecule has 2 rings (SSSR count). The number of halogens is 2. The van der Waals surface area contributed by atoms with Gasteiger partial charge < -0.3 is 5.73 Å². The van der Waals surface area contributed by atoms with Gasteiger partial charge in [-0.3, -0.25) is 0 Å². The van der Waals surface area contributed by atoms with Crippen LogP contribution in [0.25, 0.3) is 0 Å². The molecule has 90 valence electrons. The van der Waals surface area contributed by atoms with Crippen LogP contribution in [0.1, 0.15) is 22.3 Å². The molecule has 1 aromatic carbocycles. The van der Waals surface area contributed by atoms with E-state index in [9.17, 15) is 0 Å². The lowest BCUT2D eigenvalue weighted by atomic mass is 10.0. The van der Waals surface area contributed by atoms with Crippen LogP contribution in [-0.2, 0) is 6.42 Å². The molecule has 2 aromatic rings. The first-order valence-electron chi connectivity index (χ1n) is 5.18. The number of hydrogen-bond donors (Lipinski definition) is 1. The van der Waals surface area contributed by atoms with Gasteiger partial charge in [0.25, 0.3) is 0 Å². The first-order chi connectivity index (χ1) is 8.06. The molecule has 1 aromatic heterocycles. The fraction of sp³-hybridized carbons (Fsp3) is 0.250. The molecule has 0 aliphatic rings. The summed E-state index contributed by atoms with van der Waals surface area (Å²) in [6.45, 7) is 1.99. The van der Waals surface area contributed by atoms with Gasteiger partial charge in [0.05, 0.1) is 10.7 Å². The zero-order chi connectivity index (χ0) is 12.4. The summed E-state index contributed by atoms with van der Waals surface area (Å²) >= 11 is 11.2. The highest BCUT2D eigenvalue weighted by Gasteiger charge is 2.13. The van der Waals surface area contributed by atoms with Crippen molar-refractivity contribution in [1.82, 2.24) is 4.98 Å². The van der Waals surface area contributed by atoms with Crippen molar-refractivity contribution in [2.45, 2.75) is 19.4 Å². The van der Waals surface area contributed by atoms with Gasteiger partial charge in [0.15, 0.2) is 0 Å². The Morgan fingerprint density at radius 2 is 2.29 bits per heavy atom. The van der Waals surface area contributed by atoms with E-state index in [0.29, 0.717) is 11.4 Å². The molecule has 0 fully saturated rings. The maximum Gasteiger partial charge on any atom is 0.0897 e. The predicted molar refractivity (Wildman–Crippen MR) is 76.6 cm³/mol. The molecule has 1 heterocycles. The lowest BCUT2D eigenvalue weighted by Crippen LogP contribution is -2.14. The number of hydrogen-bond acceptors (Lipinski definition) is 3. The van der Waals surface area contributed by atoms with E-state index in [-0.39, 0.29) is 6.04 Å². The van der Waals surface area contributed by atoms with Gasteiger partial charge in [-0.1, -0.05) is 27.5 Å². The highest BCUT2D eigenvalue weighted by Crippen LogP contribution is 2.27. The molecule has 17 heavy (non-hydrogen) atoms. The molecular formula is C12H12BrClN2S. The highest BCUT2D eigenvalue weighted by atomic mass is 79.9. The average molecular weight is 332 g/mol. The summed E-state index contributed by atoms with van der Waals surface area (Å²) in [5.41, 5.74) is 8.14. The molecule has 1 atom stereocenters. The summed E-state index contributed by atoms with van der Waals surface area (Å²) in [6, 6.07) is 5.60. The maximum atomic E-state index is 6.17. The van der Waals surface area contributed by atoms with Crippen LogP contribution in [0.15, 0.2) is 28.1 Å². The third-order valence-corrected chi connectivity index (χ3v) is 4.11. The minimum absolute atomic E-state index is 0.124. The summed E-state index contributed by atoms with van der Waals surface area (Å²) in [7, 11) is 0. The predicted octanol–water partition coefficient (Wildman–Crippen LogP) is 4.11. The van der Waals surface area contributed by atoms with Gasteiger partial charge in [-0.25, -0.2) is 4.98 Å². The van der Waals surface area contributed by atoms with Crippen LogP contribution in [0.5, 0.6) is 0 Å². The number of rotatable bonds is 3. The Kier molecular flexibility index (Phi) is 4.20. The fourth-order valence-corrected chi connectivity index (χ4v) is 2.90. The molecule has 0 saturated carbocycles. The van der Waals surface area contributed by atoms with Crippen LogP contribution in [0.3, 0.4) is 0 Å². The van der Waals surface area contributed by atoms with Crippen LogP contribution in [0.2, 0.25) is 5.02 Å². The first-order valence-corrected chi connectivity index (χ1v) is 7.23. The van der Waals surface area contributed by atoms with E-state index in [4.69, 9.17) is 17.3 Å². The summed E-state index contributed by atoms with van der Waals surface area (Å²) in [4.78, 5) is 4.41. The third kappa shape index (κ3) is 3.28. The van der Waals surface area contributed by atoms with Gasteiger partial charge in [0, 0.05) is 27.3 Å². The van der Waals surface area contributed by atoms with Gasteiger partial charge in [0.1, 0.15) is 0 Å². The van der Waals surface area contributed by atoms with E-state index in [1.54, 1.807) is 11.3 Å². The number of nitrogens with two attached hydrogens (primary N) is 1. The Balaban J connectivity index is 2.19. The van der Waals surface area contributed by atoms with Gasteiger partial charge in [-0.15, -0.1) is 11.3 Å². The zero-order valence-electron chi connectivity index (χ0n) is 9.28. The minimum atomic E-state index is -0.124. The van der Waals surface area contributed by atoms with Crippen LogP contribution in [-0.4, -0.2) is 4.98 Å². The van der Waals surface area contributed by atoms with Crippen LogP contribution in [0, 0.1) is 6.92 Å². The number of thiazole rings is 1. The molecule has 0 saturated heterocycles. The minimum Gasteiger partial charge on any atom is -0.324 e. The van der Waals surface area contributed by atoms with Crippen molar-refractivity contribution in [3.8, 4) is 0 Å². The van der Waals surface area contributed by atoms with Crippen molar-refractivity contribution in [3.05, 3.63) is 49.3 Å². The van der Waals surface area contributed by atoms with Crippen molar-refractivity contribution in [3.63, 3.8) is 0 Å². The van der Waals surface area contributed by atoms with Crippen LogP contribution >= 0.6 is 38.9 Å². The van der Waals surface area contributed by atoms with Crippen molar-refractivity contribution in [2.24, 2.45) is 5.73 Å². The molecular weight excluding hydrogens is 320 g/mol. The molecule has 0 spiro atoms. The Bertz CT molecular complexity index is 527. The van der Waals surface area contributed by atoms with E-state index >= 15 is 0 Å². The maximum absolute atomic E-state index is 6.17. The summed E-state index contributed by atoms with van der Waals surface area (Å²) in [6.07, 6.45) is 0.709. The van der Waals surface area contributed by atoms with E-state index in [1.165, 1.54) is 0 Å². The standard InChI is InChI=1S/C12H12BrClN2S/c1-7-16-9(6-17-7)5-12(15)10-4-8(13)2-3-11(10)14/h2-4,6,12H,5,15H2,1H3. The fourth-order valence-electron chi connectivity index (χ4n) is 1.64. The van der Waals surface area contributed by atoms with Crippen molar-refractivity contribution in [2.75, 3.05) is 0 Å². The summed E-state index contributed by atoms with van der Waals surface area (Å²) in [5, 5.41) is 3.81. The highest BCUT2D eigenvalue weighted by molar-refractivity contribution is 9.10. The molecule has 0 amide bonds. The lowest BCUT2D eigenvalue weighted by Gasteiger charge is -2.12. The summed E-state index contributed by atoms with van der Waals surface area (Å²) < 4.78 is 0.988. The molecule has 0 bridgehead atoms. The second-order valence-electron chi connectivity index (χ2n) is 3.83. The molecule has 0 radical (unpaired) electrons. The van der Waals surface area contributed by atoms with E-state index in [1.807, 2.05) is 30.5 Å². The number of nitrogens with zero attached hydrogens (tertiary/aromatic N) is 1. The zero-order valence-corrected chi connectivity index (χ0v) is 12.4. The number of benzene rings is 1. The molecule has 5 heteroatoms. The second-order valence-corrected chi connectivity index (χ2v) is 6.22. The van der Waals surface area contributed by atoms with Crippen LogP contribution < -0.4 is 5.73 Å².